The van der Waals surface area contributed by atoms with Crippen LogP contribution in [0.25, 0.3) is 0 Å². The van der Waals surface area contributed by atoms with E-state index >= 15 is 0 Å². The van der Waals surface area contributed by atoms with Crippen molar-refractivity contribution in [2.45, 2.75) is 52.2 Å². The number of hydrogen-bond donors (Lipinski definition) is 1. The largest absolute Gasteiger partial charge is 0.350 e. The van der Waals surface area contributed by atoms with E-state index in [1.807, 2.05) is 82.3 Å². The normalized spacial score (nSPS) is 12.5. The van der Waals surface area contributed by atoms with Gasteiger partial charge in [-0.05, 0) is 57.0 Å². The SMILES string of the molecule is Cc1ccc(CN(C(=O)CN(c2ccc(Cl)c(Cl)c2)S(C)(=O)=O)C(Cc2ccccc2)C(=O)NC(C)(C)C)cc1. The van der Waals surface area contributed by atoms with Gasteiger partial charge in [-0.15, -0.1) is 0 Å². The van der Waals surface area contributed by atoms with Gasteiger partial charge < -0.3 is 10.2 Å². The van der Waals surface area contributed by atoms with Crippen molar-refractivity contribution in [2.24, 2.45) is 0 Å². The topological polar surface area (TPSA) is 86.8 Å². The van der Waals surface area contributed by atoms with Crippen LogP contribution >= 0.6 is 23.2 Å². The fourth-order valence-electron chi connectivity index (χ4n) is 4.15. The summed E-state index contributed by atoms with van der Waals surface area (Å²) < 4.78 is 26.7. The van der Waals surface area contributed by atoms with Crippen LogP contribution in [0.2, 0.25) is 10.0 Å². The van der Waals surface area contributed by atoms with E-state index in [0.717, 1.165) is 27.3 Å². The summed E-state index contributed by atoms with van der Waals surface area (Å²) in [5.74, 6) is -0.876. The van der Waals surface area contributed by atoms with E-state index < -0.39 is 34.1 Å². The molecule has 0 spiro atoms. The first-order chi connectivity index (χ1) is 18.6. The smallest absolute Gasteiger partial charge is 0.244 e. The molecule has 3 aromatic rings. The van der Waals surface area contributed by atoms with E-state index in [2.05, 4.69) is 5.32 Å². The summed E-state index contributed by atoms with van der Waals surface area (Å²) in [6, 6.07) is 20.5. The van der Waals surface area contributed by atoms with Crippen LogP contribution in [0.3, 0.4) is 0 Å². The van der Waals surface area contributed by atoms with E-state index in [1.165, 1.54) is 23.1 Å². The van der Waals surface area contributed by atoms with Gasteiger partial charge in [0.1, 0.15) is 12.6 Å². The Balaban J connectivity index is 2.08. The minimum absolute atomic E-state index is 0.104. The quantitative estimate of drug-likeness (QED) is 0.326. The second kappa shape index (κ2) is 13.1. The highest BCUT2D eigenvalue weighted by molar-refractivity contribution is 7.92. The summed E-state index contributed by atoms with van der Waals surface area (Å²) in [5.41, 5.74) is 2.36. The van der Waals surface area contributed by atoms with Gasteiger partial charge in [0, 0.05) is 18.5 Å². The second-order valence-electron chi connectivity index (χ2n) is 10.8. The highest BCUT2D eigenvalue weighted by Crippen LogP contribution is 2.29. The van der Waals surface area contributed by atoms with Gasteiger partial charge >= 0.3 is 0 Å². The van der Waals surface area contributed by atoms with Gasteiger partial charge in [0.05, 0.1) is 22.0 Å². The number of hydrogen-bond acceptors (Lipinski definition) is 4. The third-order valence-electron chi connectivity index (χ3n) is 6.11. The molecule has 214 valence electrons. The Morgan fingerprint density at radius 1 is 0.900 bits per heavy atom. The van der Waals surface area contributed by atoms with Crippen molar-refractivity contribution in [3.05, 3.63) is 99.5 Å². The number of nitrogens with one attached hydrogen (secondary N) is 1. The fraction of sp³-hybridized carbons (Fsp3) is 0.333. The third kappa shape index (κ3) is 8.98. The molecule has 0 aliphatic rings. The van der Waals surface area contributed by atoms with Crippen LogP contribution in [0.1, 0.15) is 37.5 Å². The molecule has 0 saturated heterocycles. The van der Waals surface area contributed by atoms with E-state index in [1.54, 1.807) is 0 Å². The van der Waals surface area contributed by atoms with Crippen molar-refractivity contribution >= 4 is 50.7 Å². The van der Waals surface area contributed by atoms with Crippen LogP contribution in [0.15, 0.2) is 72.8 Å². The maximum Gasteiger partial charge on any atom is 0.244 e. The van der Waals surface area contributed by atoms with Gasteiger partial charge in [-0.2, -0.15) is 0 Å². The Morgan fingerprint density at radius 3 is 2.08 bits per heavy atom. The highest BCUT2D eigenvalue weighted by Gasteiger charge is 2.34. The third-order valence-corrected chi connectivity index (χ3v) is 7.99. The van der Waals surface area contributed by atoms with Gasteiger partial charge in [0.2, 0.25) is 21.8 Å². The van der Waals surface area contributed by atoms with Gasteiger partial charge in [-0.25, -0.2) is 8.42 Å². The Labute approximate surface area is 247 Å². The molecular weight excluding hydrogens is 569 g/mol. The molecule has 3 aromatic carbocycles. The number of anilines is 1. The van der Waals surface area contributed by atoms with Crippen molar-refractivity contribution in [1.29, 1.82) is 0 Å². The molecular formula is C30H35Cl2N3O4S. The molecule has 0 fully saturated rings. The zero-order valence-corrected chi connectivity index (χ0v) is 25.6. The lowest BCUT2D eigenvalue weighted by molar-refractivity contribution is -0.140. The van der Waals surface area contributed by atoms with E-state index in [-0.39, 0.29) is 34.6 Å². The average Bonchev–Trinajstić information content (AvgIpc) is 2.86. The number of aryl methyl sites for hydroxylation is 1. The molecule has 0 saturated carbocycles. The van der Waals surface area contributed by atoms with Crippen LogP contribution in [-0.2, 0) is 32.6 Å². The fourth-order valence-corrected chi connectivity index (χ4v) is 5.28. The summed E-state index contributed by atoms with van der Waals surface area (Å²) in [4.78, 5) is 29.3. The molecule has 7 nitrogen and oxygen atoms in total. The van der Waals surface area contributed by atoms with Crippen LogP contribution in [0.4, 0.5) is 5.69 Å². The van der Waals surface area contributed by atoms with Crippen LogP contribution in [0, 0.1) is 6.92 Å². The monoisotopic (exact) mass is 603 g/mol. The number of amides is 2. The molecule has 0 radical (unpaired) electrons. The van der Waals surface area contributed by atoms with E-state index in [9.17, 15) is 18.0 Å². The van der Waals surface area contributed by atoms with Crippen molar-refractivity contribution in [3.63, 3.8) is 0 Å². The lowest BCUT2D eigenvalue weighted by atomic mass is 10.0. The Hall–Kier alpha value is -3.07. The van der Waals surface area contributed by atoms with Crippen LogP contribution < -0.4 is 9.62 Å². The van der Waals surface area contributed by atoms with Crippen molar-refractivity contribution in [3.8, 4) is 0 Å². The number of sulfonamides is 1. The van der Waals surface area contributed by atoms with Crippen molar-refractivity contribution in [1.82, 2.24) is 10.2 Å². The standard InChI is InChI=1S/C30H35Cl2N3O4S/c1-21-11-13-23(14-12-21)19-34(27(29(37)33-30(2,3)4)17-22-9-7-6-8-10-22)28(36)20-35(40(5,38)39)24-15-16-25(31)26(32)18-24/h6-16,18,27H,17,19-20H2,1-5H3,(H,33,37). The van der Waals surface area contributed by atoms with E-state index in [4.69, 9.17) is 23.2 Å². The second-order valence-corrected chi connectivity index (χ2v) is 13.5. The van der Waals surface area contributed by atoms with Crippen molar-refractivity contribution < 1.29 is 18.0 Å². The molecule has 2 amide bonds. The molecule has 40 heavy (non-hydrogen) atoms. The summed E-state index contributed by atoms with van der Waals surface area (Å²) in [6.07, 6.45) is 1.26. The lowest BCUT2D eigenvalue weighted by Crippen LogP contribution is -2.56. The number of benzene rings is 3. The molecule has 3 rings (SSSR count). The molecule has 1 atom stereocenters. The first kappa shape index (κ1) is 31.5. The number of rotatable bonds is 10. The molecule has 0 bridgehead atoms. The Kier molecular flexibility index (Phi) is 10.3. The molecule has 1 N–H and O–H groups in total. The first-order valence-electron chi connectivity index (χ1n) is 12.8. The Bertz CT molecular complexity index is 1440. The molecule has 0 aliphatic heterocycles. The minimum Gasteiger partial charge on any atom is -0.350 e. The van der Waals surface area contributed by atoms with E-state index in [0.29, 0.717) is 0 Å². The maximum atomic E-state index is 14.1. The van der Waals surface area contributed by atoms with Crippen molar-refractivity contribution in [2.75, 3.05) is 17.1 Å². The predicted octanol–water partition coefficient (Wildman–Crippen LogP) is 5.62. The molecule has 1 unspecified atom stereocenters. The molecule has 0 aromatic heterocycles. The summed E-state index contributed by atoms with van der Waals surface area (Å²) in [5, 5.41) is 3.42. The number of carbonyl (C=O) groups excluding carboxylic acids is 2. The average molecular weight is 605 g/mol. The number of nitrogens with zero attached hydrogens (tertiary/aromatic N) is 2. The summed E-state index contributed by atoms with van der Waals surface area (Å²) >= 11 is 12.2. The van der Waals surface area contributed by atoms with Gasteiger partial charge in [0.15, 0.2) is 0 Å². The van der Waals surface area contributed by atoms with Gasteiger partial charge in [-0.3, -0.25) is 13.9 Å². The summed E-state index contributed by atoms with van der Waals surface area (Å²) in [7, 11) is -3.90. The minimum atomic E-state index is -3.90. The first-order valence-corrected chi connectivity index (χ1v) is 15.4. The zero-order valence-electron chi connectivity index (χ0n) is 23.3. The maximum absolute atomic E-state index is 14.1. The number of halogens is 2. The lowest BCUT2D eigenvalue weighted by Gasteiger charge is -2.35. The molecule has 10 heteroatoms. The van der Waals surface area contributed by atoms with Gasteiger partial charge in [0.25, 0.3) is 0 Å². The zero-order chi connectivity index (χ0) is 29.7. The molecule has 0 aliphatic carbocycles. The van der Waals surface area contributed by atoms with Crippen LogP contribution in [-0.4, -0.2) is 49.5 Å². The van der Waals surface area contributed by atoms with Gasteiger partial charge in [-0.1, -0.05) is 83.4 Å². The summed E-state index contributed by atoms with van der Waals surface area (Å²) in [6.45, 7) is 7.14. The Morgan fingerprint density at radius 2 is 1.52 bits per heavy atom. The highest BCUT2D eigenvalue weighted by atomic mass is 35.5. The predicted molar refractivity (Wildman–Crippen MR) is 162 cm³/mol. The van der Waals surface area contributed by atoms with Crippen LogP contribution in [0.5, 0.6) is 0 Å². The molecule has 0 heterocycles. The number of carbonyl (C=O) groups is 2.